The highest BCUT2D eigenvalue weighted by Crippen LogP contribution is 2.62. The van der Waals surface area contributed by atoms with Gasteiger partial charge >= 0.3 is 0 Å². The van der Waals surface area contributed by atoms with Gasteiger partial charge in [0.15, 0.2) is 0 Å². The lowest BCUT2D eigenvalue weighted by Gasteiger charge is -2.47. The van der Waals surface area contributed by atoms with Gasteiger partial charge in [-0.05, 0) is 32.4 Å². The number of nitrogens with zero attached hydrogens (tertiary/aromatic N) is 1. The molecule has 56 valence electrons. The monoisotopic (exact) mass is 138 g/mol. The predicted molar refractivity (Wildman–Crippen MR) is 39.9 cm³/mol. The summed E-state index contributed by atoms with van der Waals surface area (Å²) in [5, 5.41) is 3.41. The first-order chi connectivity index (χ1) is 4.88. The number of nitrogens with one attached hydrogen (secondary N) is 1. The lowest BCUT2D eigenvalue weighted by molar-refractivity contribution is 0.0487. The van der Waals surface area contributed by atoms with Gasteiger partial charge in [0, 0.05) is 18.1 Å². The molecule has 0 amide bonds. The van der Waals surface area contributed by atoms with Crippen LogP contribution in [0, 0.1) is 5.92 Å². The Morgan fingerprint density at radius 3 is 3.10 bits per heavy atom. The van der Waals surface area contributed by atoms with E-state index in [1.54, 1.807) is 0 Å². The van der Waals surface area contributed by atoms with Crippen LogP contribution in [0.1, 0.15) is 12.8 Å². The third-order valence-electron chi connectivity index (χ3n) is 3.81. The molecule has 0 aromatic heterocycles. The van der Waals surface area contributed by atoms with Crippen LogP contribution in [0.15, 0.2) is 0 Å². The van der Waals surface area contributed by atoms with Gasteiger partial charge < -0.3 is 5.32 Å². The molecule has 2 nitrogen and oxygen atoms in total. The number of likely N-dealkylation sites (N-methyl/N-ethyl adjacent to an activating group) is 1. The Kier molecular flexibility index (Phi) is 0.783. The average molecular weight is 138 g/mol. The van der Waals surface area contributed by atoms with Crippen LogP contribution in [0.5, 0.6) is 0 Å². The van der Waals surface area contributed by atoms with Crippen LogP contribution in [0.2, 0.25) is 0 Å². The maximum Gasteiger partial charge on any atom is 0.0408 e. The van der Waals surface area contributed by atoms with Gasteiger partial charge in [-0.25, -0.2) is 0 Å². The van der Waals surface area contributed by atoms with Crippen LogP contribution in [0.3, 0.4) is 0 Å². The van der Waals surface area contributed by atoms with Gasteiger partial charge in [0.1, 0.15) is 0 Å². The number of hydrogen-bond acceptors (Lipinski definition) is 2. The molecule has 0 aromatic rings. The molecular weight excluding hydrogens is 124 g/mol. The highest BCUT2D eigenvalue weighted by molar-refractivity contribution is 5.28. The molecule has 2 unspecified atom stereocenters. The zero-order valence-electron chi connectivity index (χ0n) is 6.43. The van der Waals surface area contributed by atoms with Crippen molar-refractivity contribution >= 4 is 0 Å². The second-order valence-corrected chi connectivity index (χ2v) is 3.97. The SMILES string of the molecule is CN[C@H]1CN2CCC3CC312. The third kappa shape index (κ3) is 0.372. The molecule has 2 aliphatic heterocycles. The Balaban J connectivity index is 1.87. The minimum Gasteiger partial charge on any atom is -0.314 e. The lowest BCUT2D eigenvalue weighted by Crippen LogP contribution is -2.65. The minimum absolute atomic E-state index is 0.689. The van der Waals surface area contributed by atoms with E-state index in [2.05, 4.69) is 17.3 Å². The first-order valence-electron chi connectivity index (χ1n) is 4.30. The summed E-state index contributed by atoms with van der Waals surface area (Å²) in [6, 6.07) is 0.833. The third-order valence-corrected chi connectivity index (χ3v) is 3.81. The van der Waals surface area contributed by atoms with Crippen molar-refractivity contribution in [1.29, 1.82) is 0 Å². The molecule has 0 aromatic carbocycles. The fraction of sp³-hybridized carbons (Fsp3) is 1.00. The fourth-order valence-electron chi connectivity index (χ4n) is 3.11. The molecule has 1 N–H and O–H groups in total. The maximum atomic E-state index is 3.41. The Hall–Kier alpha value is -0.0800. The quantitative estimate of drug-likeness (QED) is 0.551. The Bertz CT molecular complexity index is 180. The molecule has 3 atom stereocenters. The van der Waals surface area contributed by atoms with Crippen LogP contribution in [-0.4, -0.2) is 36.6 Å². The van der Waals surface area contributed by atoms with Gasteiger partial charge in [0.2, 0.25) is 0 Å². The van der Waals surface area contributed by atoms with Crippen molar-refractivity contribution in [3.63, 3.8) is 0 Å². The molecule has 1 spiro atoms. The van der Waals surface area contributed by atoms with E-state index >= 15 is 0 Å². The van der Waals surface area contributed by atoms with E-state index in [1.165, 1.54) is 25.9 Å². The first-order valence-corrected chi connectivity index (χ1v) is 4.30. The van der Waals surface area contributed by atoms with E-state index in [0.717, 1.165) is 12.0 Å². The van der Waals surface area contributed by atoms with Crippen LogP contribution >= 0.6 is 0 Å². The van der Waals surface area contributed by atoms with Gasteiger partial charge in [-0.1, -0.05) is 0 Å². The van der Waals surface area contributed by atoms with Crippen LogP contribution in [-0.2, 0) is 0 Å². The average Bonchev–Trinajstić information content (AvgIpc) is 2.58. The maximum absolute atomic E-state index is 3.41. The van der Waals surface area contributed by atoms with Crippen molar-refractivity contribution in [2.75, 3.05) is 20.1 Å². The standard InChI is InChI=1S/C8H14N2/c1-9-7-5-10-3-2-6-4-8(6,7)10/h6-7,9H,2-5H2,1H3/t6?,7-,8?/m0/s1. The summed E-state index contributed by atoms with van der Waals surface area (Å²) in [5.74, 6) is 1.07. The van der Waals surface area contributed by atoms with E-state index in [9.17, 15) is 0 Å². The molecule has 2 heterocycles. The summed E-state index contributed by atoms with van der Waals surface area (Å²) >= 11 is 0. The largest absolute Gasteiger partial charge is 0.314 e. The van der Waals surface area contributed by atoms with E-state index in [4.69, 9.17) is 0 Å². The zero-order valence-corrected chi connectivity index (χ0v) is 6.43. The summed E-state index contributed by atoms with van der Waals surface area (Å²) in [6.45, 7) is 2.69. The van der Waals surface area contributed by atoms with E-state index in [-0.39, 0.29) is 0 Å². The molecule has 3 aliphatic rings. The molecule has 2 saturated heterocycles. The summed E-state index contributed by atoms with van der Waals surface area (Å²) in [4.78, 5) is 2.67. The molecule has 2 heteroatoms. The van der Waals surface area contributed by atoms with Gasteiger partial charge in [0.25, 0.3) is 0 Å². The summed E-state index contributed by atoms with van der Waals surface area (Å²) in [6.07, 6.45) is 2.96. The van der Waals surface area contributed by atoms with Gasteiger partial charge in [-0.15, -0.1) is 0 Å². The number of rotatable bonds is 1. The van der Waals surface area contributed by atoms with Gasteiger partial charge in [0.05, 0.1) is 0 Å². The van der Waals surface area contributed by atoms with Crippen molar-refractivity contribution in [1.82, 2.24) is 10.2 Å². The van der Waals surface area contributed by atoms with Crippen molar-refractivity contribution < 1.29 is 0 Å². The summed E-state index contributed by atoms with van der Waals surface area (Å²) in [7, 11) is 2.10. The molecule has 1 saturated carbocycles. The normalized spacial score (nSPS) is 57.3. The second-order valence-electron chi connectivity index (χ2n) is 3.97. The molecule has 3 fully saturated rings. The number of piperidine rings is 1. The van der Waals surface area contributed by atoms with Crippen molar-refractivity contribution in [3.05, 3.63) is 0 Å². The molecule has 3 rings (SSSR count). The smallest absolute Gasteiger partial charge is 0.0408 e. The van der Waals surface area contributed by atoms with Gasteiger partial charge in [-0.2, -0.15) is 0 Å². The van der Waals surface area contributed by atoms with Crippen molar-refractivity contribution in [2.45, 2.75) is 24.4 Å². The van der Waals surface area contributed by atoms with Crippen molar-refractivity contribution in [2.24, 2.45) is 5.92 Å². The Morgan fingerprint density at radius 2 is 2.50 bits per heavy atom. The molecule has 1 aliphatic carbocycles. The second kappa shape index (κ2) is 1.41. The predicted octanol–water partition coefficient (Wildman–Crippen LogP) is 0.0524. The van der Waals surface area contributed by atoms with Crippen LogP contribution in [0.25, 0.3) is 0 Å². The molecule has 0 radical (unpaired) electrons. The molecule has 0 bridgehead atoms. The Labute approximate surface area is 61.6 Å². The number of hydrogen-bond donors (Lipinski definition) is 1. The van der Waals surface area contributed by atoms with Crippen molar-refractivity contribution in [3.8, 4) is 0 Å². The summed E-state index contributed by atoms with van der Waals surface area (Å²) in [5.41, 5.74) is 0.689. The highest BCUT2D eigenvalue weighted by atomic mass is 15.4. The highest BCUT2D eigenvalue weighted by Gasteiger charge is 2.71. The van der Waals surface area contributed by atoms with Gasteiger partial charge in [-0.3, -0.25) is 4.90 Å². The van der Waals surface area contributed by atoms with E-state index in [1.807, 2.05) is 0 Å². The minimum atomic E-state index is 0.689. The fourth-order valence-corrected chi connectivity index (χ4v) is 3.11. The Morgan fingerprint density at radius 1 is 1.60 bits per heavy atom. The van der Waals surface area contributed by atoms with E-state index < -0.39 is 0 Å². The first kappa shape index (κ1) is 5.56. The molecule has 10 heavy (non-hydrogen) atoms. The molecular formula is C8H14N2. The van der Waals surface area contributed by atoms with Crippen LogP contribution in [0.4, 0.5) is 0 Å². The zero-order chi connectivity index (χ0) is 6.77. The van der Waals surface area contributed by atoms with Crippen LogP contribution < -0.4 is 5.32 Å². The van der Waals surface area contributed by atoms with E-state index in [0.29, 0.717) is 5.54 Å². The topological polar surface area (TPSA) is 15.3 Å². The lowest BCUT2D eigenvalue weighted by atomic mass is 9.94. The summed E-state index contributed by atoms with van der Waals surface area (Å²) < 4.78 is 0.